The van der Waals surface area contributed by atoms with Crippen LogP contribution in [0, 0.1) is 5.82 Å². The van der Waals surface area contributed by atoms with Gasteiger partial charge >= 0.3 is 0 Å². The van der Waals surface area contributed by atoms with Crippen molar-refractivity contribution in [1.82, 2.24) is 4.98 Å². The predicted octanol–water partition coefficient (Wildman–Crippen LogP) is 3.70. The minimum absolute atomic E-state index is 0.336. The van der Waals surface area contributed by atoms with Gasteiger partial charge in [-0.1, -0.05) is 29.3 Å². The van der Waals surface area contributed by atoms with Crippen LogP contribution in [0.25, 0.3) is 0 Å². The van der Waals surface area contributed by atoms with Gasteiger partial charge in [0.05, 0.1) is 5.02 Å². The zero-order valence-electron chi connectivity index (χ0n) is 8.75. The second kappa shape index (κ2) is 4.90. The summed E-state index contributed by atoms with van der Waals surface area (Å²) in [5.41, 5.74) is 6.90. The maximum absolute atomic E-state index is 13.6. The van der Waals surface area contributed by atoms with Gasteiger partial charge in [0.15, 0.2) is 0 Å². The molecule has 0 atom stereocenters. The van der Waals surface area contributed by atoms with E-state index in [0.717, 1.165) is 0 Å². The number of nitrogens with two attached hydrogens (primary N) is 1. The van der Waals surface area contributed by atoms with E-state index < -0.39 is 0 Å². The Morgan fingerprint density at radius 1 is 1.12 bits per heavy atom. The summed E-state index contributed by atoms with van der Waals surface area (Å²) in [6, 6.07) is 6.20. The van der Waals surface area contributed by atoms with Gasteiger partial charge in [0.1, 0.15) is 11.6 Å². The fourth-order valence-electron chi connectivity index (χ4n) is 1.50. The molecule has 1 aromatic heterocycles. The van der Waals surface area contributed by atoms with E-state index in [-0.39, 0.29) is 5.82 Å². The number of rotatable bonds is 2. The molecule has 2 N–H and O–H groups in total. The van der Waals surface area contributed by atoms with E-state index in [2.05, 4.69) is 4.98 Å². The highest BCUT2D eigenvalue weighted by atomic mass is 35.5. The summed E-state index contributed by atoms with van der Waals surface area (Å²) in [5, 5.41) is 0.840. The Hall–Kier alpha value is -1.32. The molecule has 0 saturated heterocycles. The van der Waals surface area contributed by atoms with Crippen LogP contribution in [0.1, 0.15) is 11.1 Å². The molecule has 5 heteroatoms. The van der Waals surface area contributed by atoms with Gasteiger partial charge in [-0.2, -0.15) is 0 Å². The summed E-state index contributed by atoms with van der Waals surface area (Å²) in [4.78, 5) is 3.92. The van der Waals surface area contributed by atoms with Crippen LogP contribution in [0.3, 0.4) is 0 Å². The molecule has 0 unspecified atom stereocenters. The predicted molar refractivity (Wildman–Crippen MR) is 67.9 cm³/mol. The van der Waals surface area contributed by atoms with Crippen molar-refractivity contribution in [3.8, 4) is 0 Å². The molecule has 0 fully saturated rings. The lowest BCUT2D eigenvalue weighted by Crippen LogP contribution is -2.00. The Morgan fingerprint density at radius 2 is 1.88 bits per heavy atom. The maximum atomic E-state index is 13.6. The van der Waals surface area contributed by atoms with Crippen molar-refractivity contribution in [2.24, 2.45) is 0 Å². The van der Waals surface area contributed by atoms with E-state index in [0.29, 0.717) is 33.4 Å². The molecule has 2 nitrogen and oxygen atoms in total. The van der Waals surface area contributed by atoms with Crippen LogP contribution in [0.5, 0.6) is 0 Å². The van der Waals surface area contributed by atoms with Crippen molar-refractivity contribution in [3.05, 3.63) is 57.5 Å². The number of pyridine rings is 1. The van der Waals surface area contributed by atoms with Crippen molar-refractivity contribution in [2.45, 2.75) is 6.42 Å². The Bertz CT molecular complexity index is 558. The molecule has 0 bridgehead atoms. The summed E-state index contributed by atoms with van der Waals surface area (Å²) in [6.07, 6.45) is 1.79. The van der Waals surface area contributed by atoms with Gasteiger partial charge in [-0.25, -0.2) is 9.37 Å². The van der Waals surface area contributed by atoms with E-state index in [4.69, 9.17) is 28.9 Å². The molecule has 0 amide bonds. The lowest BCUT2D eigenvalue weighted by molar-refractivity contribution is 0.614. The highest BCUT2D eigenvalue weighted by Gasteiger charge is 2.08. The van der Waals surface area contributed by atoms with Crippen LogP contribution in [-0.2, 0) is 6.42 Å². The van der Waals surface area contributed by atoms with Gasteiger partial charge in [0.2, 0.25) is 0 Å². The zero-order chi connectivity index (χ0) is 12.4. The lowest BCUT2D eigenvalue weighted by atomic mass is 10.1. The quantitative estimate of drug-likeness (QED) is 0.904. The number of benzene rings is 1. The molecule has 0 aliphatic carbocycles. The first-order valence-electron chi connectivity index (χ1n) is 4.90. The van der Waals surface area contributed by atoms with Gasteiger partial charge in [0, 0.05) is 23.2 Å². The second-order valence-electron chi connectivity index (χ2n) is 3.61. The normalized spacial score (nSPS) is 10.5. The molecule has 0 radical (unpaired) electrons. The second-order valence-corrected chi connectivity index (χ2v) is 4.48. The molecule has 17 heavy (non-hydrogen) atoms. The molecule has 0 aliphatic rings. The summed E-state index contributed by atoms with van der Waals surface area (Å²) in [6.45, 7) is 0. The van der Waals surface area contributed by atoms with E-state index >= 15 is 0 Å². The molecular weight excluding hydrogens is 262 g/mol. The third-order valence-corrected chi connectivity index (χ3v) is 2.81. The first-order chi connectivity index (χ1) is 8.06. The molecule has 1 heterocycles. The lowest BCUT2D eigenvalue weighted by Gasteiger charge is -2.06. The molecule has 2 aromatic rings. The van der Waals surface area contributed by atoms with Crippen molar-refractivity contribution in [1.29, 1.82) is 0 Å². The van der Waals surface area contributed by atoms with Crippen molar-refractivity contribution in [3.63, 3.8) is 0 Å². The minimum atomic E-state index is -0.364. The largest absolute Gasteiger partial charge is 0.383 e. The van der Waals surface area contributed by atoms with Crippen molar-refractivity contribution < 1.29 is 4.39 Å². The Labute approximate surface area is 108 Å². The Balaban J connectivity index is 2.34. The topological polar surface area (TPSA) is 38.9 Å². The number of nitrogens with zero attached hydrogens (tertiary/aromatic N) is 1. The minimum Gasteiger partial charge on any atom is -0.383 e. The van der Waals surface area contributed by atoms with Crippen LogP contribution < -0.4 is 5.73 Å². The first kappa shape index (κ1) is 12.1. The highest BCUT2D eigenvalue weighted by molar-refractivity contribution is 6.30. The number of aromatic nitrogens is 1. The molecule has 0 spiro atoms. The molecule has 0 aliphatic heterocycles. The molecular formula is C12H9Cl2FN2. The van der Waals surface area contributed by atoms with Crippen LogP contribution in [0.15, 0.2) is 30.5 Å². The molecule has 0 saturated carbocycles. The van der Waals surface area contributed by atoms with E-state index in [1.807, 2.05) is 0 Å². The summed E-state index contributed by atoms with van der Waals surface area (Å²) >= 11 is 11.5. The standard InChI is InChI=1S/C12H9Cl2FN2/c13-9-2-1-7(11(15)5-9)3-8-4-10(14)6-17-12(8)16/h1-2,4-6H,3H2,(H2,16,17). The Morgan fingerprint density at radius 3 is 2.59 bits per heavy atom. The SMILES string of the molecule is Nc1ncc(Cl)cc1Cc1ccc(Cl)cc1F. The van der Waals surface area contributed by atoms with Crippen molar-refractivity contribution >= 4 is 29.0 Å². The number of nitrogen functional groups attached to an aromatic ring is 1. The molecule has 2 rings (SSSR count). The van der Waals surface area contributed by atoms with Gasteiger partial charge < -0.3 is 5.73 Å². The third-order valence-electron chi connectivity index (χ3n) is 2.36. The maximum Gasteiger partial charge on any atom is 0.128 e. The number of hydrogen-bond acceptors (Lipinski definition) is 2. The average Bonchev–Trinajstić information content (AvgIpc) is 2.27. The fourth-order valence-corrected chi connectivity index (χ4v) is 1.84. The van der Waals surface area contributed by atoms with Gasteiger partial charge in [-0.3, -0.25) is 0 Å². The van der Waals surface area contributed by atoms with E-state index in [9.17, 15) is 4.39 Å². The molecule has 1 aromatic carbocycles. The van der Waals surface area contributed by atoms with Crippen LogP contribution in [0.4, 0.5) is 10.2 Å². The average molecular weight is 271 g/mol. The van der Waals surface area contributed by atoms with Gasteiger partial charge in [0.25, 0.3) is 0 Å². The fraction of sp³-hybridized carbons (Fsp3) is 0.0833. The third kappa shape index (κ3) is 2.87. The van der Waals surface area contributed by atoms with E-state index in [1.165, 1.54) is 12.3 Å². The van der Waals surface area contributed by atoms with Crippen LogP contribution in [0.2, 0.25) is 10.0 Å². The smallest absolute Gasteiger partial charge is 0.128 e. The van der Waals surface area contributed by atoms with Crippen LogP contribution >= 0.6 is 23.2 Å². The van der Waals surface area contributed by atoms with Crippen molar-refractivity contribution in [2.75, 3.05) is 5.73 Å². The summed E-state index contributed by atoms with van der Waals surface area (Å²) < 4.78 is 13.6. The Kier molecular flexibility index (Phi) is 3.50. The van der Waals surface area contributed by atoms with Gasteiger partial charge in [-0.15, -0.1) is 0 Å². The molecule has 88 valence electrons. The number of hydrogen-bond donors (Lipinski definition) is 1. The van der Waals surface area contributed by atoms with Crippen LogP contribution in [-0.4, -0.2) is 4.98 Å². The number of halogens is 3. The number of anilines is 1. The monoisotopic (exact) mass is 270 g/mol. The van der Waals surface area contributed by atoms with E-state index in [1.54, 1.807) is 18.2 Å². The first-order valence-corrected chi connectivity index (χ1v) is 5.65. The van der Waals surface area contributed by atoms with Gasteiger partial charge in [-0.05, 0) is 23.8 Å². The zero-order valence-corrected chi connectivity index (χ0v) is 10.3. The highest BCUT2D eigenvalue weighted by Crippen LogP contribution is 2.22. The summed E-state index contributed by atoms with van der Waals surface area (Å²) in [7, 11) is 0. The summed E-state index contributed by atoms with van der Waals surface area (Å²) in [5.74, 6) is -0.0133.